The van der Waals surface area contributed by atoms with Crippen LogP contribution in [0.2, 0.25) is 0 Å². The average molecular weight is 424 g/mol. The first kappa shape index (κ1) is 21.3. The van der Waals surface area contributed by atoms with Crippen molar-refractivity contribution in [3.05, 3.63) is 52.6 Å². The molecule has 3 heterocycles. The second-order valence-corrected chi connectivity index (χ2v) is 9.23. The SMILES string of the molecule is CC(C)(C)Nc1nc(Nc2cc(C3(CO)CC3)ccn2)cc2ccn(CCO)c(=O)c12. The van der Waals surface area contributed by atoms with Crippen molar-refractivity contribution < 1.29 is 10.2 Å². The van der Waals surface area contributed by atoms with Gasteiger partial charge in [0.25, 0.3) is 5.56 Å². The van der Waals surface area contributed by atoms with Crippen LogP contribution in [0.15, 0.2) is 41.5 Å². The Morgan fingerprint density at radius 1 is 1.16 bits per heavy atom. The highest BCUT2D eigenvalue weighted by molar-refractivity contribution is 5.93. The number of aromatic nitrogens is 3. The van der Waals surface area contributed by atoms with Crippen molar-refractivity contribution in [3.63, 3.8) is 0 Å². The number of pyridine rings is 3. The molecule has 0 spiro atoms. The summed E-state index contributed by atoms with van der Waals surface area (Å²) in [5, 5.41) is 26.8. The molecule has 1 aliphatic carbocycles. The Labute approximate surface area is 181 Å². The molecular weight excluding hydrogens is 394 g/mol. The van der Waals surface area contributed by atoms with Crippen LogP contribution in [0.5, 0.6) is 0 Å². The first-order chi connectivity index (χ1) is 14.7. The molecule has 0 aliphatic heterocycles. The van der Waals surface area contributed by atoms with Gasteiger partial charge in [-0.3, -0.25) is 4.79 Å². The van der Waals surface area contributed by atoms with Crippen molar-refractivity contribution in [3.8, 4) is 0 Å². The maximum atomic E-state index is 13.0. The van der Waals surface area contributed by atoms with Crippen LogP contribution < -0.4 is 16.2 Å². The van der Waals surface area contributed by atoms with E-state index in [1.54, 1.807) is 12.4 Å². The molecule has 4 rings (SSSR count). The third kappa shape index (κ3) is 4.40. The van der Waals surface area contributed by atoms with Gasteiger partial charge in [-0.25, -0.2) is 9.97 Å². The highest BCUT2D eigenvalue weighted by Crippen LogP contribution is 2.48. The van der Waals surface area contributed by atoms with E-state index in [0.29, 0.717) is 22.8 Å². The van der Waals surface area contributed by atoms with Crippen LogP contribution in [-0.4, -0.2) is 43.5 Å². The van der Waals surface area contributed by atoms with Gasteiger partial charge >= 0.3 is 0 Å². The number of nitrogens with zero attached hydrogens (tertiary/aromatic N) is 3. The number of aliphatic hydroxyl groups excluding tert-OH is 2. The molecule has 4 N–H and O–H groups in total. The number of aliphatic hydroxyl groups is 2. The Bertz CT molecular complexity index is 1160. The van der Waals surface area contributed by atoms with E-state index in [2.05, 4.69) is 20.6 Å². The minimum absolute atomic E-state index is 0.113. The molecule has 0 amide bonds. The van der Waals surface area contributed by atoms with E-state index >= 15 is 0 Å². The van der Waals surface area contributed by atoms with Crippen LogP contribution in [0.25, 0.3) is 10.8 Å². The molecule has 164 valence electrons. The zero-order chi connectivity index (χ0) is 22.2. The number of hydrogen-bond donors (Lipinski definition) is 4. The highest BCUT2D eigenvalue weighted by atomic mass is 16.3. The average Bonchev–Trinajstić information content (AvgIpc) is 3.50. The molecule has 0 bridgehead atoms. The summed E-state index contributed by atoms with van der Waals surface area (Å²) < 4.78 is 1.49. The lowest BCUT2D eigenvalue weighted by Crippen LogP contribution is -2.29. The standard InChI is InChI=1S/C23H29N5O3/c1-22(2,3)27-20-19-15(5-9-28(10-11-29)21(19)31)12-18(26-20)25-17-13-16(4-8-24-17)23(14-30)6-7-23/h4-5,8-9,12-13,29-30H,6-7,10-11,14H2,1-3H3,(H2,24,25,26,27). The fourth-order valence-electron chi connectivity index (χ4n) is 3.75. The van der Waals surface area contributed by atoms with E-state index in [4.69, 9.17) is 0 Å². The molecule has 31 heavy (non-hydrogen) atoms. The minimum atomic E-state index is -0.305. The first-order valence-electron chi connectivity index (χ1n) is 10.5. The van der Waals surface area contributed by atoms with Crippen LogP contribution in [0.4, 0.5) is 17.5 Å². The summed E-state index contributed by atoms with van der Waals surface area (Å²) in [5.74, 6) is 1.69. The van der Waals surface area contributed by atoms with Gasteiger partial charge in [-0.15, -0.1) is 0 Å². The number of rotatable bonds is 7. The van der Waals surface area contributed by atoms with Crippen LogP contribution in [0.3, 0.4) is 0 Å². The molecule has 0 atom stereocenters. The van der Waals surface area contributed by atoms with E-state index in [0.717, 1.165) is 23.8 Å². The number of fused-ring (bicyclic) bond motifs is 1. The second kappa shape index (κ2) is 7.94. The molecule has 8 heteroatoms. The number of anilines is 3. The summed E-state index contributed by atoms with van der Waals surface area (Å²) in [6.45, 7) is 6.26. The molecule has 0 radical (unpaired) electrons. The molecule has 0 saturated heterocycles. The topological polar surface area (TPSA) is 112 Å². The number of hydrogen-bond acceptors (Lipinski definition) is 7. The zero-order valence-corrected chi connectivity index (χ0v) is 18.1. The quantitative estimate of drug-likeness (QED) is 0.462. The summed E-state index contributed by atoms with van der Waals surface area (Å²) in [6, 6.07) is 7.56. The van der Waals surface area contributed by atoms with Gasteiger partial charge in [0.2, 0.25) is 0 Å². The van der Waals surface area contributed by atoms with Crippen molar-refractivity contribution in [2.24, 2.45) is 0 Å². The molecule has 0 unspecified atom stereocenters. The van der Waals surface area contributed by atoms with E-state index in [1.807, 2.05) is 45.0 Å². The second-order valence-electron chi connectivity index (χ2n) is 9.23. The van der Waals surface area contributed by atoms with Gasteiger partial charge in [0.05, 0.1) is 18.6 Å². The summed E-state index contributed by atoms with van der Waals surface area (Å²) >= 11 is 0. The Morgan fingerprint density at radius 3 is 2.58 bits per heavy atom. The van der Waals surface area contributed by atoms with Crippen molar-refractivity contribution in [2.75, 3.05) is 23.8 Å². The minimum Gasteiger partial charge on any atom is -0.395 e. The van der Waals surface area contributed by atoms with Crippen molar-refractivity contribution >= 4 is 28.2 Å². The molecule has 3 aromatic rings. The van der Waals surface area contributed by atoms with Crippen molar-refractivity contribution in [1.82, 2.24) is 14.5 Å². The molecule has 1 fully saturated rings. The summed E-state index contributed by atoms with van der Waals surface area (Å²) in [4.78, 5) is 22.1. The fourth-order valence-corrected chi connectivity index (χ4v) is 3.75. The lowest BCUT2D eigenvalue weighted by atomic mass is 9.98. The lowest BCUT2D eigenvalue weighted by molar-refractivity contribution is 0.255. The van der Waals surface area contributed by atoms with Crippen molar-refractivity contribution in [2.45, 2.75) is 51.1 Å². The van der Waals surface area contributed by atoms with Gasteiger partial charge in [-0.1, -0.05) is 0 Å². The van der Waals surface area contributed by atoms with E-state index in [9.17, 15) is 15.0 Å². The summed E-state index contributed by atoms with van der Waals surface area (Å²) in [6.07, 6.45) is 5.36. The third-order valence-corrected chi connectivity index (χ3v) is 5.58. The Morgan fingerprint density at radius 2 is 1.94 bits per heavy atom. The smallest absolute Gasteiger partial charge is 0.262 e. The van der Waals surface area contributed by atoms with Crippen LogP contribution >= 0.6 is 0 Å². The largest absolute Gasteiger partial charge is 0.395 e. The Balaban J connectivity index is 1.76. The van der Waals surface area contributed by atoms with Crippen LogP contribution in [0, 0.1) is 0 Å². The monoisotopic (exact) mass is 423 g/mol. The van der Waals surface area contributed by atoms with Crippen LogP contribution in [-0.2, 0) is 12.0 Å². The molecule has 1 aliphatic rings. The summed E-state index contributed by atoms with van der Waals surface area (Å²) in [5.41, 5.74) is 0.414. The highest BCUT2D eigenvalue weighted by Gasteiger charge is 2.43. The van der Waals surface area contributed by atoms with Gasteiger partial charge in [0, 0.05) is 29.9 Å². The predicted molar refractivity (Wildman–Crippen MR) is 122 cm³/mol. The predicted octanol–water partition coefficient (Wildman–Crippen LogP) is 2.76. The van der Waals surface area contributed by atoms with E-state index in [-0.39, 0.29) is 36.3 Å². The Kier molecular flexibility index (Phi) is 5.45. The van der Waals surface area contributed by atoms with Gasteiger partial charge in [-0.2, -0.15) is 0 Å². The molecule has 1 saturated carbocycles. The van der Waals surface area contributed by atoms with Crippen LogP contribution in [0.1, 0.15) is 39.2 Å². The molecular formula is C23H29N5O3. The molecule has 8 nitrogen and oxygen atoms in total. The van der Waals surface area contributed by atoms with Gasteiger partial charge in [0.15, 0.2) is 0 Å². The zero-order valence-electron chi connectivity index (χ0n) is 18.1. The van der Waals surface area contributed by atoms with Gasteiger partial charge < -0.3 is 25.4 Å². The fraction of sp³-hybridized carbons (Fsp3) is 0.435. The number of nitrogens with one attached hydrogen (secondary N) is 2. The van der Waals surface area contributed by atoms with E-state index < -0.39 is 0 Å². The maximum Gasteiger partial charge on any atom is 0.262 e. The van der Waals surface area contributed by atoms with Gasteiger partial charge in [-0.05, 0) is 68.8 Å². The molecule has 3 aromatic heterocycles. The Hall–Kier alpha value is -2.97. The lowest BCUT2D eigenvalue weighted by Gasteiger charge is -2.23. The normalized spacial score (nSPS) is 15.1. The van der Waals surface area contributed by atoms with Gasteiger partial charge in [0.1, 0.15) is 17.5 Å². The third-order valence-electron chi connectivity index (χ3n) is 5.58. The summed E-state index contributed by atoms with van der Waals surface area (Å²) in [7, 11) is 0. The van der Waals surface area contributed by atoms with Crippen molar-refractivity contribution in [1.29, 1.82) is 0 Å². The first-order valence-corrected chi connectivity index (χ1v) is 10.5. The van der Waals surface area contributed by atoms with E-state index in [1.165, 1.54) is 4.57 Å². The molecule has 0 aromatic carbocycles. The maximum absolute atomic E-state index is 13.0.